The topological polar surface area (TPSA) is 47.6 Å². The highest BCUT2D eigenvalue weighted by atomic mass is 16.5. The number of methoxy groups -OCH3 is 1. The molecule has 0 heterocycles. The Labute approximate surface area is 127 Å². The summed E-state index contributed by atoms with van der Waals surface area (Å²) in [7, 11) is 1.62. The SMILES string of the molecule is COc1ccc(C(=O)NCC(C)C)cc1COCC(C)C. The second-order valence-corrected chi connectivity index (χ2v) is 6.04. The summed E-state index contributed by atoms with van der Waals surface area (Å²) in [5.41, 5.74) is 1.54. The maximum absolute atomic E-state index is 12.1. The fraction of sp³-hybridized carbons (Fsp3) is 0.588. The zero-order chi connectivity index (χ0) is 15.8. The van der Waals surface area contributed by atoms with Gasteiger partial charge in [-0.3, -0.25) is 4.79 Å². The number of rotatable bonds is 8. The molecule has 1 rings (SSSR count). The van der Waals surface area contributed by atoms with Gasteiger partial charge in [-0.25, -0.2) is 0 Å². The Morgan fingerprint density at radius 1 is 1.19 bits per heavy atom. The molecule has 0 bridgehead atoms. The molecule has 21 heavy (non-hydrogen) atoms. The average molecular weight is 293 g/mol. The quantitative estimate of drug-likeness (QED) is 0.800. The van der Waals surface area contributed by atoms with Crippen LogP contribution in [0.25, 0.3) is 0 Å². The Morgan fingerprint density at radius 2 is 1.90 bits per heavy atom. The zero-order valence-corrected chi connectivity index (χ0v) is 13.7. The first-order valence-electron chi connectivity index (χ1n) is 7.46. The van der Waals surface area contributed by atoms with Crippen LogP contribution in [0.3, 0.4) is 0 Å². The van der Waals surface area contributed by atoms with Gasteiger partial charge < -0.3 is 14.8 Å². The molecular formula is C17H27NO3. The molecule has 0 aliphatic heterocycles. The van der Waals surface area contributed by atoms with Gasteiger partial charge in [0.1, 0.15) is 5.75 Å². The standard InChI is InChI=1S/C17H27NO3/c1-12(2)9-18-17(19)14-6-7-16(20-5)15(8-14)11-21-10-13(3)4/h6-8,12-13H,9-11H2,1-5H3,(H,18,19). The van der Waals surface area contributed by atoms with Gasteiger partial charge in [0.2, 0.25) is 0 Å². The zero-order valence-electron chi connectivity index (χ0n) is 13.7. The van der Waals surface area contributed by atoms with E-state index in [4.69, 9.17) is 9.47 Å². The number of hydrogen-bond acceptors (Lipinski definition) is 3. The van der Waals surface area contributed by atoms with Crippen LogP contribution in [0.1, 0.15) is 43.6 Å². The molecule has 4 heteroatoms. The highest BCUT2D eigenvalue weighted by Crippen LogP contribution is 2.21. The van der Waals surface area contributed by atoms with Crippen molar-refractivity contribution in [1.29, 1.82) is 0 Å². The van der Waals surface area contributed by atoms with Crippen LogP contribution in [0.15, 0.2) is 18.2 Å². The molecule has 4 nitrogen and oxygen atoms in total. The Kier molecular flexibility index (Phi) is 7.23. The van der Waals surface area contributed by atoms with E-state index in [9.17, 15) is 4.79 Å². The van der Waals surface area contributed by atoms with E-state index in [1.54, 1.807) is 13.2 Å². The third-order valence-electron chi connectivity index (χ3n) is 2.92. The number of ether oxygens (including phenoxy) is 2. The van der Waals surface area contributed by atoms with Gasteiger partial charge in [0.05, 0.1) is 13.7 Å². The van der Waals surface area contributed by atoms with Crippen LogP contribution < -0.4 is 10.1 Å². The molecule has 1 N–H and O–H groups in total. The largest absolute Gasteiger partial charge is 0.496 e. The number of hydrogen-bond donors (Lipinski definition) is 1. The number of amides is 1. The molecule has 1 amide bonds. The lowest BCUT2D eigenvalue weighted by molar-refractivity contribution is 0.0936. The minimum Gasteiger partial charge on any atom is -0.496 e. The van der Waals surface area contributed by atoms with E-state index in [0.717, 1.165) is 11.3 Å². The Bertz CT molecular complexity index is 455. The molecule has 1 aromatic carbocycles. The Balaban J connectivity index is 2.76. The van der Waals surface area contributed by atoms with E-state index >= 15 is 0 Å². The second kappa shape index (κ2) is 8.67. The summed E-state index contributed by atoms with van der Waals surface area (Å²) in [6, 6.07) is 5.44. The van der Waals surface area contributed by atoms with Crippen molar-refractivity contribution in [2.75, 3.05) is 20.3 Å². The van der Waals surface area contributed by atoms with E-state index < -0.39 is 0 Å². The molecule has 118 valence electrons. The predicted molar refractivity (Wildman–Crippen MR) is 84.7 cm³/mol. The van der Waals surface area contributed by atoms with Gasteiger partial charge in [-0.2, -0.15) is 0 Å². The lowest BCUT2D eigenvalue weighted by atomic mass is 10.1. The summed E-state index contributed by atoms with van der Waals surface area (Å²) in [6.07, 6.45) is 0. The average Bonchev–Trinajstić information content (AvgIpc) is 2.44. The Hall–Kier alpha value is -1.55. The van der Waals surface area contributed by atoms with Crippen LogP contribution in [0.5, 0.6) is 5.75 Å². The first kappa shape index (κ1) is 17.5. The van der Waals surface area contributed by atoms with E-state index in [2.05, 4.69) is 33.0 Å². The maximum Gasteiger partial charge on any atom is 0.251 e. The van der Waals surface area contributed by atoms with Crippen molar-refractivity contribution < 1.29 is 14.3 Å². The van der Waals surface area contributed by atoms with Crippen molar-refractivity contribution >= 4 is 5.91 Å². The summed E-state index contributed by atoms with van der Waals surface area (Å²) in [6.45, 7) is 10.2. The molecule has 0 aromatic heterocycles. The van der Waals surface area contributed by atoms with Crippen LogP contribution >= 0.6 is 0 Å². The van der Waals surface area contributed by atoms with Crippen molar-refractivity contribution in [3.63, 3.8) is 0 Å². The van der Waals surface area contributed by atoms with Crippen LogP contribution in [-0.2, 0) is 11.3 Å². The Morgan fingerprint density at radius 3 is 2.48 bits per heavy atom. The maximum atomic E-state index is 12.1. The van der Waals surface area contributed by atoms with Crippen molar-refractivity contribution in [2.24, 2.45) is 11.8 Å². The van der Waals surface area contributed by atoms with Crippen LogP contribution in [0, 0.1) is 11.8 Å². The molecule has 0 spiro atoms. The van der Waals surface area contributed by atoms with E-state index in [-0.39, 0.29) is 5.91 Å². The van der Waals surface area contributed by atoms with Crippen molar-refractivity contribution in [3.05, 3.63) is 29.3 Å². The third kappa shape index (κ3) is 6.17. The van der Waals surface area contributed by atoms with Gasteiger partial charge in [-0.05, 0) is 30.0 Å². The normalized spacial score (nSPS) is 11.0. The summed E-state index contributed by atoms with van der Waals surface area (Å²) in [5, 5.41) is 2.92. The number of nitrogens with one attached hydrogen (secondary N) is 1. The lowest BCUT2D eigenvalue weighted by Gasteiger charge is -2.13. The number of carbonyl (C=O) groups is 1. The summed E-state index contributed by atoms with van der Waals surface area (Å²) in [5.74, 6) is 1.60. The van der Waals surface area contributed by atoms with E-state index in [1.165, 1.54) is 0 Å². The number of carbonyl (C=O) groups excluding carboxylic acids is 1. The number of benzene rings is 1. The van der Waals surface area contributed by atoms with Crippen LogP contribution in [0.4, 0.5) is 0 Å². The predicted octanol–water partition coefficient (Wildman–Crippen LogP) is 3.25. The first-order valence-corrected chi connectivity index (χ1v) is 7.46. The van der Waals surface area contributed by atoms with E-state index in [1.807, 2.05) is 12.1 Å². The molecule has 0 unspecified atom stereocenters. The lowest BCUT2D eigenvalue weighted by Crippen LogP contribution is -2.27. The van der Waals surface area contributed by atoms with Crippen molar-refractivity contribution in [2.45, 2.75) is 34.3 Å². The molecule has 0 radical (unpaired) electrons. The second-order valence-electron chi connectivity index (χ2n) is 6.04. The molecule has 0 aliphatic carbocycles. The third-order valence-corrected chi connectivity index (χ3v) is 2.92. The van der Waals surface area contributed by atoms with Crippen LogP contribution in [-0.4, -0.2) is 26.2 Å². The van der Waals surface area contributed by atoms with Gasteiger partial charge in [0, 0.05) is 24.3 Å². The molecule has 0 saturated heterocycles. The molecule has 0 saturated carbocycles. The molecule has 1 aromatic rings. The van der Waals surface area contributed by atoms with Gasteiger partial charge in [0.15, 0.2) is 0 Å². The summed E-state index contributed by atoms with van der Waals surface area (Å²) < 4.78 is 11.0. The van der Waals surface area contributed by atoms with Gasteiger partial charge >= 0.3 is 0 Å². The van der Waals surface area contributed by atoms with Crippen LogP contribution in [0.2, 0.25) is 0 Å². The first-order chi connectivity index (χ1) is 9.93. The van der Waals surface area contributed by atoms with Gasteiger partial charge in [0.25, 0.3) is 5.91 Å². The van der Waals surface area contributed by atoms with E-state index in [0.29, 0.717) is 37.2 Å². The van der Waals surface area contributed by atoms with Gasteiger partial charge in [-0.15, -0.1) is 0 Å². The van der Waals surface area contributed by atoms with Crippen molar-refractivity contribution in [3.8, 4) is 5.75 Å². The molecule has 0 atom stereocenters. The minimum absolute atomic E-state index is 0.0588. The van der Waals surface area contributed by atoms with Gasteiger partial charge in [-0.1, -0.05) is 27.7 Å². The fourth-order valence-corrected chi connectivity index (χ4v) is 1.84. The molecule has 0 aliphatic rings. The smallest absolute Gasteiger partial charge is 0.251 e. The van der Waals surface area contributed by atoms with Crippen molar-refractivity contribution in [1.82, 2.24) is 5.32 Å². The summed E-state index contributed by atoms with van der Waals surface area (Å²) in [4.78, 5) is 12.1. The molecular weight excluding hydrogens is 266 g/mol. The highest BCUT2D eigenvalue weighted by molar-refractivity contribution is 5.94. The molecule has 0 fully saturated rings. The fourth-order valence-electron chi connectivity index (χ4n) is 1.84. The summed E-state index contributed by atoms with van der Waals surface area (Å²) >= 11 is 0. The minimum atomic E-state index is -0.0588. The highest BCUT2D eigenvalue weighted by Gasteiger charge is 2.11. The monoisotopic (exact) mass is 293 g/mol.